The number of nitrogens with one attached hydrogen (secondary N) is 1. The first-order chi connectivity index (χ1) is 16.4. The fourth-order valence-electron chi connectivity index (χ4n) is 4.64. The van der Waals surface area contributed by atoms with Crippen molar-refractivity contribution in [1.82, 2.24) is 20.0 Å². The molecule has 3 heterocycles. The summed E-state index contributed by atoms with van der Waals surface area (Å²) in [4.78, 5) is 15.2. The van der Waals surface area contributed by atoms with Gasteiger partial charge in [-0.3, -0.25) is 4.79 Å². The molecule has 1 aliphatic rings. The van der Waals surface area contributed by atoms with E-state index in [1.807, 2.05) is 61.0 Å². The Morgan fingerprint density at radius 2 is 1.88 bits per heavy atom. The van der Waals surface area contributed by atoms with Gasteiger partial charge >= 0.3 is 0 Å². The van der Waals surface area contributed by atoms with Crippen molar-refractivity contribution in [3.8, 4) is 5.69 Å². The normalized spacial score (nSPS) is 16.1. The summed E-state index contributed by atoms with van der Waals surface area (Å²) < 4.78 is 1.94. The number of piperidine rings is 1. The SMILES string of the molecule is Cc1ccc(NC(=O)[C@@H]2CCCN(c3nnc(C)c4c(C)n(-c5ccccc5)nc34)C2)cc1Cl. The van der Waals surface area contributed by atoms with E-state index in [0.717, 1.165) is 58.7 Å². The summed E-state index contributed by atoms with van der Waals surface area (Å²) in [5, 5.41) is 18.6. The van der Waals surface area contributed by atoms with E-state index in [1.165, 1.54) is 0 Å². The van der Waals surface area contributed by atoms with Gasteiger partial charge in [0.2, 0.25) is 5.91 Å². The van der Waals surface area contributed by atoms with Crippen molar-refractivity contribution < 1.29 is 4.79 Å². The highest BCUT2D eigenvalue weighted by Crippen LogP contribution is 2.32. The van der Waals surface area contributed by atoms with Crippen LogP contribution in [-0.2, 0) is 4.79 Å². The number of anilines is 2. The number of hydrogen-bond donors (Lipinski definition) is 1. The van der Waals surface area contributed by atoms with Gasteiger partial charge in [-0.05, 0) is 63.4 Å². The zero-order valence-corrected chi connectivity index (χ0v) is 20.3. The minimum Gasteiger partial charge on any atom is -0.352 e. The average Bonchev–Trinajstić information content (AvgIpc) is 3.20. The molecule has 0 bridgehead atoms. The fourth-order valence-corrected chi connectivity index (χ4v) is 4.82. The Bertz CT molecular complexity index is 1370. The molecule has 0 spiro atoms. The van der Waals surface area contributed by atoms with E-state index in [2.05, 4.69) is 27.3 Å². The number of fused-ring (bicyclic) bond motifs is 1. The predicted octanol–water partition coefficient (Wildman–Crippen LogP) is 5.25. The number of amides is 1. The molecule has 1 fully saturated rings. The van der Waals surface area contributed by atoms with E-state index in [-0.39, 0.29) is 11.8 Å². The summed E-state index contributed by atoms with van der Waals surface area (Å²) in [7, 11) is 0. The van der Waals surface area contributed by atoms with Crippen LogP contribution in [0, 0.1) is 26.7 Å². The van der Waals surface area contributed by atoms with Crippen LogP contribution in [-0.4, -0.2) is 39.0 Å². The zero-order valence-electron chi connectivity index (χ0n) is 19.5. The Labute approximate surface area is 203 Å². The van der Waals surface area contributed by atoms with Gasteiger partial charge in [-0.1, -0.05) is 35.9 Å². The molecule has 7 nitrogen and oxygen atoms in total. The van der Waals surface area contributed by atoms with Crippen molar-refractivity contribution in [2.24, 2.45) is 5.92 Å². The van der Waals surface area contributed by atoms with Gasteiger partial charge in [0, 0.05) is 23.8 Å². The molecule has 1 N–H and O–H groups in total. The Morgan fingerprint density at radius 1 is 1.09 bits per heavy atom. The number of carbonyl (C=O) groups is 1. The third kappa shape index (κ3) is 4.12. The third-order valence-corrected chi connectivity index (χ3v) is 6.92. The van der Waals surface area contributed by atoms with E-state index < -0.39 is 0 Å². The van der Waals surface area contributed by atoms with Gasteiger partial charge in [0.05, 0.1) is 28.4 Å². The van der Waals surface area contributed by atoms with Gasteiger partial charge in [-0.15, -0.1) is 5.10 Å². The minimum absolute atomic E-state index is 0.00747. The standard InChI is InChI=1S/C26H27ClN6O/c1-16-11-12-20(14-22(16)27)28-26(34)19-8-7-13-32(15-19)25-24-23(17(2)29-30-25)18(3)33(31-24)21-9-5-4-6-10-21/h4-6,9-12,14,19H,7-8,13,15H2,1-3H3,(H,28,34)/t19-/m1/s1. The number of aryl methyl sites for hydroxylation is 3. The highest BCUT2D eigenvalue weighted by atomic mass is 35.5. The summed E-state index contributed by atoms with van der Waals surface area (Å²) in [6.45, 7) is 7.33. The molecule has 34 heavy (non-hydrogen) atoms. The number of carbonyl (C=O) groups excluding carboxylic acids is 1. The van der Waals surface area contributed by atoms with Crippen molar-refractivity contribution in [2.45, 2.75) is 33.6 Å². The van der Waals surface area contributed by atoms with Crippen LogP contribution in [0.4, 0.5) is 11.5 Å². The summed E-state index contributed by atoms with van der Waals surface area (Å²) in [6, 6.07) is 15.7. The number of benzene rings is 2. The molecule has 0 unspecified atom stereocenters. The molecule has 174 valence electrons. The third-order valence-electron chi connectivity index (χ3n) is 6.52. The van der Waals surface area contributed by atoms with E-state index in [9.17, 15) is 4.79 Å². The van der Waals surface area contributed by atoms with Gasteiger partial charge in [0.25, 0.3) is 0 Å². The molecule has 0 saturated carbocycles. The van der Waals surface area contributed by atoms with Crippen LogP contribution >= 0.6 is 11.6 Å². The molecular weight excluding hydrogens is 448 g/mol. The maximum atomic E-state index is 13.1. The van der Waals surface area contributed by atoms with Crippen molar-refractivity contribution in [3.05, 3.63) is 70.5 Å². The quantitative estimate of drug-likeness (QED) is 0.437. The van der Waals surface area contributed by atoms with E-state index in [1.54, 1.807) is 6.07 Å². The van der Waals surface area contributed by atoms with E-state index >= 15 is 0 Å². The first-order valence-electron chi connectivity index (χ1n) is 11.5. The Hall–Kier alpha value is -3.45. The molecule has 0 aliphatic carbocycles. The van der Waals surface area contributed by atoms with Gasteiger partial charge < -0.3 is 10.2 Å². The molecular formula is C26H27ClN6O. The topological polar surface area (TPSA) is 75.9 Å². The van der Waals surface area contributed by atoms with Crippen LogP contribution in [0.3, 0.4) is 0 Å². The Morgan fingerprint density at radius 3 is 2.65 bits per heavy atom. The Kier molecular flexibility index (Phi) is 5.96. The second-order valence-electron chi connectivity index (χ2n) is 8.90. The number of para-hydroxylation sites is 1. The molecule has 2 aromatic heterocycles. The highest BCUT2D eigenvalue weighted by Gasteiger charge is 2.29. The van der Waals surface area contributed by atoms with E-state index in [0.29, 0.717) is 17.3 Å². The summed E-state index contributed by atoms with van der Waals surface area (Å²) in [6.07, 6.45) is 1.71. The predicted molar refractivity (Wildman–Crippen MR) is 136 cm³/mol. The number of halogens is 1. The van der Waals surface area contributed by atoms with E-state index in [4.69, 9.17) is 16.7 Å². The van der Waals surface area contributed by atoms with Gasteiger partial charge in [0.1, 0.15) is 5.52 Å². The minimum atomic E-state index is -0.163. The van der Waals surface area contributed by atoms with Crippen molar-refractivity contribution in [1.29, 1.82) is 0 Å². The summed E-state index contributed by atoms with van der Waals surface area (Å²) in [5.74, 6) is 0.561. The maximum absolute atomic E-state index is 13.1. The number of aromatic nitrogens is 4. The van der Waals surface area contributed by atoms with Crippen LogP contribution in [0.5, 0.6) is 0 Å². The number of nitrogens with zero attached hydrogens (tertiary/aromatic N) is 5. The Balaban J connectivity index is 1.43. The van der Waals surface area contributed by atoms with Crippen molar-refractivity contribution in [2.75, 3.05) is 23.3 Å². The number of hydrogen-bond acceptors (Lipinski definition) is 5. The van der Waals surface area contributed by atoms with Crippen LogP contribution in [0.2, 0.25) is 5.02 Å². The smallest absolute Gasteiger partial charge is 0.229 e. The van der Waals surface area contributed by atoms with Crippen LogP contribution in [0.15, 0.2) is 48.5 Å². The lowest BCUT2D eigenvalue weighted by Crippen LogP contribution is -2.41. The lowest BCUT2D eigenvalue weighted by atomic mass is 9.96. The first-order valence-corrected chi connectivity index (χ1v) is 11.9. The van der Waals surface area contributed by atoms with Crippen LogP contribution in [0.1, 0.15) is 29.8 Å². The van der Waals surface area contributed by atoms with Crippen LogP contribution < -0.4 is 10.2 Å². The molecule has 0 radical (unpaired) electrons. The van der Waals surface area contributed by atoms with Crippen LogP contribution in [0.25, 0.3) is 16.6 Å². The monoisotopic (exact) mass is 474 g/mol. The zero-order chi connectivity index (χ0) is 23.8. The largest absolute Gasteiger partial charge is 0.352 e. The molecule has 1 aliphatic heterocycles. The van der Waals surface area contributed by atoms with Gasteiger partial charge in [-0.2, -0.15) is 10.2 Å². The lowest BCUT2D eigenvalue weighted by molar-refractivity contribution is -0.120. The highest BCUT2D eigenvalue weighted by molar-refractivity contribution is 6.31. The molecule has 2 aromatic carbocycles. The molecule has 1 saturated heterocycles. The molecule has 1 amide bonds. The maximum Gasteiger partial charge on any atom is 0.229 e. The van der Waals surface area contributed by atoms with Crippen molar-refractivity contribution >= 4 is 39.9 Å². The summed E-state index contributed by atoms with van der Waals surface area (Å²) in [5.41, 5.74) is 5.39. The fraction of sp³-hybridized carbons (Fsp3) is 0.308. The number of rotatable bonds is 4. The average molecular weight is 475 g/mol. The lowest BCUT2D eigenvalue weighted by Gasteiger charge is -2.32. The molecule has 1 atom stereocenters. The van der Waals surface area contributed by atoms with Gasteiger partial charge in [-0.25, -0.2) is 4.68 Å². The first kappa shape index (κ1) is 22.3. The molecule has 4 aromatic rings. The molecule has 5 rings (SSSR count). The van der Waals surface area contributed by atoms with Gasteiger partial charge in [0.15, 0.2) is 5.82 Å². The second-order valence-corrected chi connectivity index (χ2v) is 9.31. The second kappa shape index (κ2) is 9.06. The summed E-state index contributed by atoms with van der Waals surface area (Å²) >= 11 is 6.23. The molecule has 8 heteroatoms. The van der Waals surface area contributed by atoms with Crippen molar-refractivity contribution in [3.63, 3.8) is 0 Å².